The van der Waals surface area contributed by atoms with Crippen molar-refractivity contribution in [3.8, 4) is 0 Å². The van der Waals surface area contributed by atoms with Crippen molar-refractivity contribution >= 4 is 17.9 Å². The second-order valence-electron chi connectivity index (χ2n) is 17.8. The maximum atomic E-state index is 12.8. The van der Waals surface area contributed by atoms with E-state index in [0.717, 1.165) is 69.6 Å². The summed E-state index contributed by atoms with van der Waals surface area (Å²) < 4.78 is 16.8. The molecule has 6 heteroatoms. The molecule has 0 fully saturated rings. The van der Waals surface area contributed by atoms with Gasteiger partial charge in [0.15, 0.2) is 6.10 Å². The highest BCUT2D eigenvalue weighted by atomic mass is 16.6. The van der Waals surface area contributed by atoms with Crippen LogP contribution in [0.15, 0.2) is 0 Å². The summed E-state index contributed by atoms with van der Waals surface area (Å²) in [5, 5.41) is 0. The molecule has 0 N–H and O–H groups in total. The fourth-order valence-corrected chi connectivity index (χ4v) is 7.43. The third-order valence-corrected chi connectivity index (χ3v) is 11.6. The average molecular weight is 793 g/mol. The molecule has 0 spiro atoms. The summed E-state index contributed by atoms with van der Waals surface area (Å²) in [6.45, 7) is 11.3. The van der Waals surface area contributed by atoms with Crippen molar-refractivity contribution in [3.05, 3.63) is 0 Å². The molecule has 0 aliphatic rings. The number of hydrogen-bond acceptors (Lipinski definition) is 6. The van der Waals surface area contributed by atoms with Crippen molar-refractivity contribution in [2.24, 2.45) is 11.8 Å². The van der Waals surface area contributed by atoms with Crippen LogP contribution in [0.25, 0.3) is 0 Å². The smallest absolute Gasteiger partial charge is 0.306 e. The summed E-state index contributed by atoms with van der Waals surface area (Å²) in [5.74, 6) is 0.774. The fourth-order valence-electron chi connectivity index (χ4n) is 7.43. The molecule has 0 aromatic rings. The Morgan fingerprint density at radius 2 is 0.679 bits per heavy atom. The van der Waals surface area contributed by atoms with Crippen LogP contribution in [-0.2, 0) is 28.6 Å². The number of carbonyl (C=O) groups is 3. The van der Waals surface area contributed by atoms with Gasteiger partial charge in [-0.3, -0.25) is 14.4 Å². The van der Waals surface area contributed by atoms with Gasteiger partial charge in [0.1, 0.15) is 13.2 Å². The van der Waals surface area contributed by atoms with Crippen molar-refractivity contribution in [1.29, 1.82) is 0 Å². The molecule has 0 aromatic heterocycles. The molecule has 0 saturated heterocycles. The van der Waals surface area contributed by atoms with Crippen molar-refractivity contribution in [2.75, 3.05) is 13.2 Å². The van der Waals surface area contributed by atoms with Crippen LogP contribution in [0.2, 0.25) is 0 Å². The molecule has 2 atom stereocenters. The molecule has 0 aromatic carbocycles. The van der Waals surface area contributed by atoms with Gasteiger partial charge < -0.3 is 14.2 Å². The zero-order chi connectivity index (χ0) is 41.2. The number of hydrogen-bond donors (Lipinski definition) is 0. The topological polar surface area (TPSA) is 78.9 Å². The van der Waals surface area contributed by atoms with Gasteiger partial charge in [0.05, 0.1) is 0 Å². The van der Waals surface area contributed by atoms with E-state index in [1.165, 1.54) is 161 Å². The van der Waals surface area contributed by atoms with E-state index in [2.05, 4.69) is 34.6 Å². The fraction of sp³-hybridized carbons (Fsp3) is 0.940. The molecular weight excluding hydrogens is 697 g/mol. The zero-order valence-corrected chi connectivity index (χ0v) is 38.3. The van der Waals surface area contributed by atoms with Crippen LogP contribution in [-0.4, -0.2) is 37.2 Å². The maximum absolute atomic E-state index is 12.8. The van der Waals surface area contributed by atoms with Gasteiger partial charge >= 0.3 is 17.9 Å². The minimum absolute atomic E-state index is 0.0652. The molecule has 0 heterocycles. The quantitative estimate of drug-likeness (QED) is 0.0347. The Kier molecular flexibility index (Phi) is 41.8. The predicted octanol–water partition coefficient (Wildman–Crippen LogP) is 15.8. The van der Waals surface area contributed by atoms with E-state index in [0.29, 0.717) is 19.3 Å². The van der Waals surface area contributed by atoms with Gasteiger partial charge in [-0.25, -0.2) is 0 Å². The largest absolute Gasteiger partial charge is 0.462 e. The normalized spacial score (nSPS) is 12.5. The Morgan fingerprint density at radius 3 is 1.02 bits per heavy atom. The molecule has 0 rings (SSSR count). The lowest BCUT2D eigenvalue weighted by Gasteiger charge is -2.18. The second kappa shape index (κ2) is 43.0. The minimum atomic E-state index is -0.761. The van der Waals surface area contributed by atoms with E-state index >= 15 is 0 Å². The Bertz CT molecular complexity index is 856. The second-order valence-corrected chi connectivity index (χ2v) is 17.8. The lowest BCUT2D eigenvalue weighted by atomic mass is 9.99. The molecule has 332 valence electrons. The molecule has 0 aliphatic carbocycles. The van der Waals surface area contributed by atoms with Gasteiger partial charge in [0, 0.05) is 19.3 Å². The lowest BCUT2D eigenvalue weighted by molar-refractivity contribution is -0.167. The number of esters is 3. The lowest BCUT2D eigenvalue weighted by Crippen LogP contribution is -2.30. The summed E-state index contributed by atoms with van der Waals surface area (Å²) in [6, 6.07) is 0. The Hall–Kier alpha value is -1.59. The Labute approximate surface area is 348 Å². The molecule has 0 amide bonds. The van der Waals surface area contributed by atoms with Crippen LogP contribution in [0.5, 0.6) is 0 Å². The molecule has 0 bridgehead atoms. The van der Waals surface area contributed by atoms with Crippen LogP contribution >= 0.6 is 0 Å². The van der Waals surface area contributed by atoms with Crippen molar-refractivity contribution < 1.29 is 28.6 Å². The predicted molar refractivity (Wildman–Crippen MR) is 238 cm³/mol. The molecule has 0 radical (unpaired) electrons. The summed E-state index contributed by atoms with van der Waals surface area (Å²) in [7, 11) is 0. The van der Waals surface area contributed by atoms with Crippen LogP contribution in [0, 0.1) is 11.8 Å². The number of rotatable bonds is 44. The van der Waals surface area contributed by atoms with E-state index in [-0.39, 0.29) is 31.1 Å². The Morgan fingerprint density at radius 1 is 0.375 bits per heavy atom. The van der Waals surface area contributed by atoms with Gasteiger partial charge in [0.2, 0.25) is 0 Å². The molecule has 0 saturated carbocycles. The van der Waals surface area contributed by atoms with Crippen molar-refractivity contribution in [2.45, 2.75) is 278 Å². The zero-order valence-electron chi connectivity index (χ0n) is 38.3. The number of ether oxygens (including phenoxy) is 3. The standard InChI is InChI=1S/C50H96O6/c1-6-8-9-10-11-12-13-14-15-16-17-18-19-26-32-37-42-50(53)56-47(44-55-49(52)41-36-31-27-22-23-28-33-38-45(3)4)43-54-48(51)40-35-30-25-21-20-24-29-34-39-46(5)7-2/h45-47H,6-44H2,1-5H3/t46?,47-/m1/s1. The summed E-state index contributed by atoms with van der Waals surface area (Å²) >= 11 is 0. The van der Waals surface area contributed by atoms with Gasteiger partial charge in [-0.2, -0.15) is 0 Å². The Balaban J connectivity index is 4.31. The molecule has 56 heavy (non-hydrogen) atoms. The number of carbonyl (C=O) groups excluding carboxylic acids is 3. The van der Waals surface area contributed by atoms with E-state index in [1.807, 2.05) is 0 Å². The van der Waals surface area contributed by atoms with E-state index in [9.17, 15) is 14.4 Å². The molecule has 0 aliphatic heterocycles. The summed E-state index contributed by atoms with van der Waals surface area (Å²) in [4.78, 5) is 37.8. The highest BCUT2D eigenvalue weighted by molar-refractivity contribution is 5.71. The first-order valence-corrected chi connectivity index (χ1v) is 24.8. The van der Waals surface area contributed by atoms with Crippen LogP contribution in [0.4, 0.5) is 0 Å². The van der Waals surface area contributed by atoms with Crippen molar-refractivity contribution in [3.63, 3.8) is 0 Å². The van der Waals surface area contributed by atoms with E-state index < -0.39 is 6.10 Å². The first-order valence-electron chi connectivity index (χ1n) is 24.8. The molecular formula is C50H96O6. The van der Waals surface area contributed by atoms with Gasteiger partial charge in [0.25, 0.3) is 0 Å². The number of unbranched alkanes of at least 4 members (excludes halogenated alkanes) is 28. The van der Waals surface area contributed by atoms with Crippen LogP contribution in [0.3, 0.4) is 0 Å². The third-order valence-electron chi connectivity index (χ3n) is 11.6. The van der Waals surface area contributed by atoms with E-state index in [4.69, 9.17) is 14.2 Å². The highest BCUT2D eigenvalue weighted by Crippen LogP contribution is 2.17. The maximum Gasteiger partial charge on any atom is 0.306 e. The average Bonchev–Trinajstić information content (AvgIpc) is 3.18. The highest BCUT2D eigenvalue weighted by Gasteiger charge is 2.19. The first-order chi connectivity index (χ1) is 27.3. The van der Waals surface area contributed by atoms with Gasteiger partial charge in [-0.05, 0) is 31.1 Å². The third kappa shape index (κ3) is 42.0. The molecule has 1 unspecified atom stereocenters. The summed E-state index contributed by atoms with van der Waals surface area (Å²) in [6.07, 6.45) is 42.3. The SMILES string of the molecule is CCCCCCCCCCCCCCCCCCC(=O)O[C@H](COC(=O)CCCCCCCCCCC(C)CC)COC(=O)CCCCCCCCCC(C)C. The minimum Gasteiger partial charge on any atom is -0.462 e. The van der Waals surface area contributed by atoms with Crippen LogP contribution in [0.1, 0.15) is 272 Å². The van der Waals surface area contributed by atoms with Crippen molar-refractivity contribution in [1.82, 2.24) is 0 Å². The van der Waals surface area contributed by atoms with Crippen LogP contribution < -0.4 is 0 Å². The first kappa shape index (κ1) is 54.4. The molecule has 6 nitrogen and oxygen atoms in total. The summed E-state index contributed by atoms with van der Waals surface area (Å²) in [5.41, 5.74) is 0. The monoisotopic (exact) mass is 793 g/mol. The van der Waals surface area contributed by atoms with Gasteiger partial charge in [-0.15, -0.1) is 0 Å². The van der Waals surface area contributed by atoms with Gasteiger partial charge in [-0.1, -0.05) is 234 Å². The van der Waals surface area contributed by atoms with E-state index in [1.54, 1.807) is 0 Å².